The Morgan fingerprint density at radius 3 is 2.52 bits per heavy atom. The molecule has 0 aromatic heterocycles. The number of halogens is 1. The Morgan fingerprint density at radius 2 is 1.87 bits per heavy atom. The molecule has 1 saturated heterocycles. The first-order valence-electron chi connectivity index (χ1n) is 6.85. The zero-order chi connectivity index (χ0) is 16.4. The molecule has 0 spiro atoms. The van der Waals surface area contributed by atoms with Gasteiger partial charge in [-0.05, 0) is 42.0 Å². The summed E-state index contributed by atoms with van der Waals surface area (Å²) in [5.41, 5.74) is 4.01. The lowest BCUT2D eigenvalue weighted by Crippen LogP contribution is -2.35. The maximum absolute atomic E-state index is 12.5. The first kappa shape index (κ1) is 15.3. The van der Waals surface area contributed by atoms with Crippen molar-refractivity contribution in [2.75, 3.05) is 12.1 Å². The zero-order valence-corrected chi connectivity index (χ0v) is 13.8. The number of amides is 2. The maximum atomic E-state index is 12.5. The lowest BCUT2D eigenvalue weighted by molar-refractivity contribution is -0.117. The Bertz CT molecular complexity index is 800. The summed E-state index contributed by atoms with van der Waals surface area (Å²) < 4.78 is 5.91. The van der Waals surface area contributed by atoms with Gasteiger partial charge in [0, 0.05) is 4.47 Å². The highest BCUT2D eigenvalue weighted by molar-refractivity contribution is 9.10. The standard InChI is InChI=1S/C17H13BrN2O3/c1-23-14-7-5-11(6-8-14)9-15-16(21)19-20(17(15)22)13-4-2-3-12(18)10-13/h2-10H,1H3,(H,19,21)/b15-9-. The summed E-state index contributed by atoms with van der Waals surface area (Å²) >= 11 is 3.35. The number of carbonyl (C=O) groups excluding carboxylic acids is 2. The minimum Gasteiger partial charge on any atom is -0.497 e. The third-order valence-electron chi connectivity index (χ3n) is 3.38. The first-order valence-corrected chi connectivity index (χ1v) is 7.64. The quantitative estimate of drug-likeness (QED) is 0.665. The molecule has 0 radical (unpaired) electrons. The predicted octanol–water partition coefficient (Wildman–Crippen LogP) is 2.92. The molecule has 116 valence electrons. The van der Waals surface area contributed by atoms with E-state index in [4.69, 9.17) is 4.74 Å². The highest BCUT2D eigenvalue weighted by atomic mass is 79.9. The number of nitrogens with zero attached hydrogens (tertiary/aromatic N) is 1. The summed E-state index contributed by atoms with van der Waals surface area (Å²) in [6, 6.07) is 14.3. The smallest absolute Gasteiger partial charge is 0.282 e. The van der Waals surface area contributed by atoms with E-state index in [0.29, 0.717) is 11.4 Å². The number of benzene rings is 2. The van der Waals surface area contributed by atoms with Crippen molar-refractivity contribution in [3.8, 4) is 5.75 Å². The minimum absolute atomic E-state index is 0.0927. The lowest BCUT2D eigenvalue weighted by atomic mass is 10.1. The number of nitrogens with one attached hydrogen (secondary N) is 1. The van der Waals surface area contributed by atoms with Crippen molar-refractivity contribution in [3.05, 3.63) is 64.1 Å². The van der Waals surface area contributed by atoms with Crippen LogP contribution in [0.4, 0.5) is 5.69 Å². The molecule has 6 heteroatoms. The Labute approximate surface area is 141 Å². The molecule has 0 aliphatic carbocycles. The van der Waals surface area contributed by atoms with Gasteiger partial charge in [-0.15, -0.1) is 0 Å². The van der Waals surface area contributed by atoms with Crippen LogP contribution in [0.2, 0.25) is 0 Å². The topological polar surface area (TPSA) is 58.6 Å². The second-order valence-electron chi connectivity index (χ2n) is 4.89. The Kier molecular flexibility index (Phi) is 4.16. The number of carbonyl (C=O) groups is 2. The molecule has 0 unspecified atom stereocenters. The fourth-order valence-corrected chi connectivity index (χ4v) is 2.61. The normalized spacial score (nSPS) is 15.9. The van der Waals surface area contributed by atoms with Gasteiger partial charge >= 0.3 is 0 Å². The zero-order valence-electron chi connectivity index (χ0n) is 12.2. The first-order chi connectivity index (χ1) is 11.1. The molecule has 2 aromatic rings. The van der Waals surface area contributed by atoms with Crippen LogP contribution in [-0.4, -0.2) is 18.9 Å². The van der Waals surface area contributed by atoms with Gasteiger partial charge in [-0.25, -0.2) is 5.01 Å². The van der Waals surface area contributed by atoms with Gasteiger partial charge in [0.2, 0.25) is 0 Å². The van der Waals surface area contributed by atoms with Crippen LogP contribution in [0.15, 0.2) is 58.6 Å². The van der Waals surface area contributed by atoms with Crippen LogP contribution in [0.1, 0.15) is 5.56 Å². The van der Waals surface area contributed by atoms with Crippen LogP contribution in [0.3, 0.4) is 0 Å². The molecule has 0 bridgehead atoms. The van der Waals surface area contributed by atoms with E-state index < -0.39 is 5.91 Å². The molecule has 0 atom stereocenters. The van der Waals surface area contributed by atoms with Gasteiger partial charge in [-0.3, -0.25) is 15.0 Å². The van der Waals surface area contributed by atoms with Gasteiger partial charge in [0.25, 0.3) is 11.8 Å². The SMILES string of the molecule is COc1ccc(/C=C2/C(=O)NN(c3cccc(Br)c3)C2=O)cc1. The number of anilines is 1. The largest absolute Gasteiger partial charge is 0.497 e. The summed E-state index contributed by atoms with van der Waals surface area (Å²) in [5.74, 6) is -0.0974. The van der Waals surface area contributed by atoms with Crippen molar-refractivity contribution in [2.45, 2.75) is 0 Å². The van der Waals surface area contributed by atoms with Gasteiger partial charge in [-0.1, -0.05) is 34.1 Å². The average Bonchev–Trinajstić information content (AvgIpc) is 2.84. The molecule has 1 aliphatic rings. The second kappa shape index (κ2) is 6.26. The number of hydrogen-bond donors (Lipinski definition) is 1. The van der Waals surface area contributed by atoms with Crippen LogP contribution in [0, 0.1) is 0 Å². The molecule has 0 saturated carbocycles. The molecule has 1 fully saturated rings. The van der Waals surface area contributed by atoms with Crippen molar-refractivity contribution >= 4 is 39.5 Å². The molecule has 1 aliphatic heterocycles. The number of hydrazine groups is 1. The van der Waals surface area contributed by atoms with Crippen molar-refractivity contribution in [1.82, 2.24) is 5.43 Å². The highest BCUT2D eigenvalue weighted by Crippen LogP contribution is 2.24. The van der Waals surface area contributed by atoms with Crippen molar-refractivity contribution in [1.29, 1.82) is 0 Å². The summed E-state index contributed by atoms with van der Waals surface area (Å²) in [4.78, 5) is 24.6. The van der Waals surface area contributed by atoms with E-state index in [0.717, 1.165) is 10.0 Å². The Hall–Kier alpha value is -2.60. The third-order valence-corrected chi connectivity index (χ3v) is 3.88. The summed E-state index contributed by atoms with van der Waals surface area (Å²) in [7, 11) is 1.58. The molecule has 23 heavy (non-hydrogen) atoms. The van der Waals surface area contributed by atoms with E-state index in [-0.39, 0.29) is 11.5 Å². The maximum Gasteiger partial charge on any atom is 0.282 e. The Balaban J connectivity index is 1.90. The Morgan fingerprint density at radius 1 is 1.13 bits per heavy atom. The number of hydrogen-bond acceptors (Lipinski definition) is 3. The van der Waals surface area contributed by atoms with Crippen LogP contribution >= 0.6 is 15.9 Å². The number of rotatable bonds is 3. The van der Waals surface area contributed by atoms with E-state index in [1.54, 1.807) is 55.7 Å². The predicted molar refractivity (Wildman–Crippen MR) is 90.7 cm³/mol. The van der Waals surface area contributed by atoms with Crippen LogP contribution < -0.4 is 15.2 Å². The highest BCUT2D eigenvalue weighted by Gasteiger charge is 2.34. The summed E-state index contributed by atoms with van der Waals surface area (Å²) in [5, 5.41) is 1.24. The molecule has 2 amide bonds. The van der Waals surface area contributed by atoms with Gasteiger partial charge in [0.15, 0.2) is 0 Å². The van der Waals surface area contributed by atoms with Crippen LogP contribution in [0.25, 0.3) is 6.08 Å². The van der Waals surface area contributed by atoms with E-state index in [1.807, 2.05) is 6.07 Å². The molecule has 3 rings (SSSR count). The van der Waals surface area contributed by atoms with E-state index >= 15 is 0 Å². The third kappa shape index (κ3) is 3.12. The molecule has 1 N–H and O–H groups in total. The molecule has 5 nitrogen and oxygen atoms in total. The molecule has 1 heterocycles. The number of ether oxygens (including phenoxy) is 1. The van der Waals surface area contributed by atoms with E-state index in [9.17, 15) is 9.59 Å². The van der Waals surface area contributed by atoms with Crippen molar-refractivity contribution in [2.24, 2.45) is 0 Å². The monoisotopic (exact) mass is 372 g/mol. The van der Waals surface area contributed by atoms with Crippen molar-refractivity contribution < 1.29 is 14.3 Å². The molecular formula is C17H13BrN2O3. The van der Waals surface area contributed by atoms with Gasteiger partial charge in [0.1, 0.15) is 11.3 Å². The van der Waals surface area contributed by atoms with Crippen LogP contribution in [-0.2, 0) is 9.59 Å². The summed E-state index contributed by atoms with van der Waals surface area (Å²) in [6.07, 6.45) is 1.56. The molecular weight excluding hydrogens is 360 g/mol. The fraction of sp³-hybridized carbons (Fsp3) is 0.0588. The van der Waals surface area contributed by atoms with Crippen LogP contribution in [0.5, 0.6) is 5.75 Å². The van der Waals surface area contributed by atoms with Crippen molar-refractivity contribution in [3.63, 3.8) is 0 Å². The van der Waals surface area contributed by atoms with Gasteiger partial charge in [-0.2, -0.15) is 0 Å². The van der Waals surface area contributed by atoms with Gasteiger partial charge < -0.3 is 4.74 Å². The van der Waals surface area contributed by atoms with E-state index in [2.05, 4.69) is 21.4 Å². The lowest BCUT2D eigenvalue weighted by Gasteiger charge is -2.14. The molecule has 2 aromatic carbocycles. The fourth-order valence-electron chi connectivity index (χ4n) is 2.22. The van der Waals surface area contributed by atoms with E-state index in [1.165, 1.54) is 5.01 Å². The van der Waals surface area contributed by atoms with Gasteiger partial charge in [0.05, 0.1) is 12.8 Å². The number of methoxy groups -OCH3 is 1. The second-order valence-corrected chi connectivity index (χ2v) is 5.81. The average molecular weight is 373 g/mol. The minimum atomic E-state index is -0.425. The summed E-state index contributed by atoms with van der Waals surface area (Å²) in [6.45, 7) is 0.